The second-order valence-corrected chi connectivity index (χ2v) is 5.56. The van der Waals surface area contributed by atoms with E-state index in [4.69, 9.17) is 9.47 Å². The van der Waals surface area contributed by atoms with Gasteiger partial charge in [0, 0.05) is 20.1 Å². The van der Waals surface area contributed by atoms with Gasteiger partial charge >= 0.3 is 0 Å². The Hall–Kier alpha value is -1.13. The van der Waals surface area contributed by atoms with E-state index in [0.29, 0.717) is 19.3 Å². The monoisotopic (exact) mass is 311 g/mol. The van der Waals surface area contributed by atoms with Crippen LogP contribution in [0.2, 0.25) is 0 Å². The van der Waals surface area contributed by atoms with E-state index in [2.05, 4.69) is 20.4 Å². The smallest absolute Gasteiger partial charge is 0.176 e. The fraction of sp³-hybridized carbons (Fsp3) is 0.722. The predicted molar refractivity (Wildman–Crippen MR) is 91.4 cm³/mol. The molecule has 0 amide bonds. The highest BCUT2D eigenvalue weighted by Gasteiger charge is 2.21. The van der Waals surface area contributed by atoms with Crippen LogP contribution in [-0.4, -0.2) is 36.7 Å². The van der Waals surface area contributed by atoms with Gasteiger partial charge in [-0.15, -0.1) is 0 Å². The summed E-state index contributed by atoms with van der Waals surface area (Å²) in [4.78, 5) is 13.9. The molecule has 0 aromatic rings. The lowest BCUT2D eigenvalue weighted by Gasteiger charge is -2.27. The zero-order valence-corrected chi connectivity index (χ0v) is 15.1. The Morgan fingerprint density at radius 2 is 1.91 bits per heavy atom. The first-order valence-corrected chi connectivity index (χ1v) is 8.21. The molecule has 0 aromatic heterocycles. The highest BCUT2D eigenvalue weighted by molar-refractivity contribution is 5.93. The number of nitrogens with zero attached hydrogens (tertiary/aromatic N) is 1. The summed E-state index contributed by atoms with van der Waals surface area (Å²) in [6, 6.07) is 0. The van der Waals surface area contributed by atoms with Crippen molar-refractivity contribution < 1.29 is 14.3 Å². The number of hydrogen-bond acceptors (Lipinski definition) is 4. The van der Waals surface area contributed by atoms with E-state index in [-0.39, 0.29) is 11.9 Å². The van der Waals surface area contributed by atoms with Gasteiger partial charge in [-0.05, 0) is 44.9 Å². The molecular formula is C18H33NO3. The number of ketones is 1. The maximum Gasteiger partial charge on any atom is 0.176 e. The molecule has 0 aromatic carbocycles. The lowest BCUT2D eigenvalue weighted by atomic mass is 9.94. The minimum atomic E-state index is 0.0504. The molecular weight excluding hydrogens is 278 g/mol. The number of hydrogen-bond donors (Lipinski definition) is 0. The quantitative estimate of drug-likeness (QED) is 0.308. The summed E-state index contributed by atoms with van der Waals surface area (Å²) in [6.07, 6.45) is 3.51. The molecule has 0 saturated carbocycles. The van der Waals surface area contributed by atoms with E-state index < -0.39 is 0 Å². The third kappa shape index (κ3) is 6.75. The van der Waals surface area contributed by atoms with Crippen LogP contribution in [0, 0.1) is 5.92 Å². The van der Waals surface area contributed by atoms with Crippen LogP contribution in [0.15, 0.2) is 24.0 Å². The zero-order chi connectivity index (χ0) is 17.1. The van der Waals surface area contributed by atoms with Crippen LogP contribution in [0.3, 0.4) is 0 Å². The third-order valence-electron chi connectivity index (χ3n) is 3.94. The molecule has 0 radical (unpaired) electrons. The van der Waals surface area contributed by atoms with Crippen molar-refractivity contribution in [2.45, 2.75) is 60.5 Å². The van der Waals surface area contributed by atoms with Crippen LogP contribution in [-0.2, 0) is 14.3 Å². The van der Waals surface area contributed by atoms with Crippen molar-refractivity contribution in [2.24, 2.45) is 5.92 Å². The molecule has 0 fully saturated rings. The van der Waals surface area contributed by atoms with Gasteiger partial charge in [0.05, 0.1) is 11.8 Å². The maximum atomic E-state index is 12.0. The summed E-state index contributed by atoms with van der Waals surface area (Å²) >= 11 is 0. The summed E-state index contributed by atoms with van der Waals surface area (Å²) in [5.41, 5.74) is 1.77. The van der Waals surface area contributed by atoms with Crippen molar-refractivity contribution in [1.82, 2.24) is 4.90 Å². The van der Waals surface area contributed by atoms with Crippen molar-refractivity contribution in [3.63, 3.8) is 0 Å². The van der Waals surface area contributed by atoms with Crippen LogP contribution in [0.1, 0.15) is 54.4 Å². The zero-order valence-electron chi connectivity index (χ0n) is 15.1. The van der Waals surface area contributed by atoms with E-state index in [0.717, 1.165) is 30.7 Å². The van der Waals surface area contributed by atoms with Crippen molar-refractivity contribution in [2.75, 3.05) is 19.9 Å². The molecule has 0 bridgehead atoms. The molecule has 0 aliphatic carbocycles. The number of likely N-dealkylation sites (N-methyl/N-ethyl adjacent to an activating group) is 1. The second-order valence-electron chi connectivity index (χ2n) is 5.56. The van der Waals surface area contributed by atoms with Gasteiger partial charge in [0.15, 0.2) is 5.78 Å². The fourth-order valence-corrected chi connectivity index (χ4v) is 2.43. The van der Waals surface area contributed by atoms with Crippen molar-refractivity contribution >= 4 is 5.78 Å². The summed E-state index contributed by atoms with van der Waals surface area (Å²) in [6.45, 7) is 17.3. The summed E-state index contributed by atoms with van der Waals surface area (Å²) < 4.78 is 11.2. The first kappa shape index (κ1) is 20.9. The topological polar surface area (TPSA) is 38.8 Å². The van der Waals surface area contributed by atoms with Gasteiger partial charge in [-0.2, -0.15) is 0 Å². The average molecular weight is 311 g/mol. The Labute approximate surface area is 136 Å². The molecule has 4 heteroatoms. The Morgan fingerprint density at radius 3 is 2.32 bits per heavy atom. The van der Waals surface area contributed by atoms with Crippen molar-refractivity contribution in [1.29, 1.82) is 0 Å². The lowest BCUT2D eigenvalue weighted by Crippen LogP contribution is -2.27. The largest absolute Gasteiger partial charge is 0.356 e. The molecule has 0 saturated heterocycles. The number of carbonyl (C=O) groups is 1. The highest BCUT2D eigenvalue weighted by Crippen LogP contribution is 2.23. The van der Waals surface area contributed by atoms with Gasteiger partial charge < -0.3 is 14.4 Å². The first-order chi connectivity index (χ1) is 10.4. The van der Waals surface area contributed by atoms with Gasteiger partial charge in [-0.1, -0.05) is 26.8 Å². The summed E-state index contributed by atoms with van der Waals surface area (Å²) in [5.74, 6) is 0.467. The van der Waals surface area contributed by atoms with E-state index >= 15 is 0 Å². The molecule has 0 heterocycles. The van der Waals surface area contributed by atoms with Crippen LogP contribution in [0.25, 0.3) is 0 Å². The van der Waals surface area contributed by atoms with Crippen LogP contribution < -0.4 is 0 Å². The second kappa shape index (κ2) is 11.4. The molecule has 1 unspecified atom stereocenters. The third-order valence-corrected chi connectivity index (χ3v) is 3.94. The SMILES string of the molecule is C=CN(CC)/C(C(C)=O)=C(/C)CC(OCOCC)[C@@H](C)CC. The van der Waals surface area contributed by atoms with Crippen LogP contribution >= 0.6 is 0 Å². The van der Waals surface area contributed by atoms with Gasteiger partial charge in [0.2, 0.25) is 0 Å². The Balaban J connectivity index is 5.21. The minimum absolute atomic E-state index is 0.0504. The minimum Gasteiger partial charge on any atom is -0.356 e. The van der Waals surface area contributed by atoms with Crippen molar-refractivity contribution in [3.05, 3.63) is 24.0 Å². The Bertz CT molecular complexity index is 377. The Kier molecular flexibility index (Phi) is 10.9. The van der Waals surface area contributed by atoms with Crippen LogP contribution in [0.5, 0.6) is 0 Å². The number of allylic oxidation sites excluding steroid dienone is 1. The molecule has 4 nitrogen and oxygen atoms in total. The van der Waals surface area contributed by atoms with Crippen molar-refractivity contribution in [3.8, 4) is 0 Å². The molecule has 0 rings (SSSR count). The number of ether oxygens (including phenoxy) is 2. The molecule has 0 N–H and O–H groups in total. The molecule has 2 atom stereocenters. The van der Waals surface area contributed by atoms with E-state index in [1.165, 1.54) is 0 Å². The highest BCUT2D eigenvalue weighted by atomic mass is 16.7. The lowest BCUT2D eigenvalue weighted by molar-refractivity contribution is -0.115. The van der Waals surface area contributed by atoms with E-state index in [1.807, 2.05) is 25.7 Å². The summed E-state index contributed by atoms with van der Waals surface area (Å²) in [5, 5.41) is 0. The van der Waals surface area contributed by atoms with E-state index in [9.17, 15) is 4.79 Å². The molecule has 22 heavy (non-hydrogen) atoms. The maximum absolute atomic E-state index is 12.0. The number of carbonyl (C=O) groups excluding carboxylic acids is 1. The number of Topliss-reactive ketones (excluding diaryl/α,β-unsaturated/α-hetero) is 1. The fourth-order valence-electron chi connectivity index (χ4n) is 2.43. The molecule has 0 spiro atoms. The predicted octanol–water partition coefficient (Wildman–Crippen LogP) is 4.13. The average Bonchev–Trinajstić information content (AvgIpc) is 2.50. The first-order valence-electron chi connectivity index (χ1n) is 8.21. The van der Waals surface area contributed by atoms with Crippen LogP contribution in [0.4, 0.5) is 0 Å². The molecule has 0 aliphatic heterocycles. The summed E-state index contributed by atoms with van der Waals surface area (Å²) in [7, 11) is 0. The van der Waals surface area contributed by atoms with Gasteiger partial charge in [0.25, 0.3) is 0 Å². The standard InChI is InChI=1S/C18H33NO3/c1-8-14(5)17(22-13-21-11-4)12-15(6)18(16(7)20)19(9-2)10-3/h9,14,17H,2,8,10-13H2,1,3-7H3/b18-15-/t14-,17?/m0/s1. The van der Waals surface area contributed by atoms with E-state index in [1.54, 1.807) is 13.1 Å². The van der Waals surface area contributed by atoms with Gasteiger partial charge in [-0.25, -0.2) is 0 Å². The molecule has 128 valence electrons. The molecule has 0 aliphatic rings. The number of rotatable bonds is 12. The Morgan fingerprint density at radius 1 is 1.27 bits per heavy atom. The van der Waals surface area contributed by atoms with Gasteiger partial charge in [0.1, 0.15) is 6.79 Å². The normalized spacial score (nSPS) is 15.0. The van der Waals surface area contributed by atoms with Gasteiger partial charge in [-0.3, -0.25) is 4.79 Å².